The summed E-state index contributed by atoms with van der Waals surface area (Å²) < 4.78 is 73.8. The van der Waals surface area contributed by atoms with E-state index in [0.29, 0.717) is 0 Å². The zero-order valence-electron chi connectivity index (χ0n) is 5.73. The SMILES string of the molecule is FC1C(F)[CH](F)[Al]([F])[CH](F)C1F. The fraction of sp³-hybridized carbons (Fsp3) is 1.00. The van der Waals surface area contributed by atoms with Gasteiger partial charge in [0.25, 0.3) is 0 Å². The molecule has 0 radical (unpaired) electrons. The van der Waals surface area contributed by atoms with Gasteiger partial charge >= 0.3 is 14.6 Å². The zero-order chi connectivity index (χ0) is 9.46. The van der Waals surface area contributed by atoms with Crippen LogP contribution in [0, 0.1) is 0 Å². The summed E-state index contributed by atoms with van der Waals surface area (Å²) in [6, 6.07) is 0. The molecule has 12 heavy (non-hydrogen) atoms. The summed E-state index contributed by atoms with van der Waals surface area (Å²) in [5.41, 5.74) is 0. The summed E-state index contributed by atoms with van der Waals surface area (Å²) in [5.74, 6) is 0. The minimum atomic E-state index is -4.26. The Kier molecular flexibility index (Phi) is 2.94. The minimum absolute atomic E-state index is 2.78. The first-order chi connectivity index (χ1) is 5.46. The van der Waals surface area contributed by atoms with Crippen molar-refractivity contribution in [2.75, 3.05) is 0 Å². The quantitative estimate of drug-likeness (QED) is 0.418. The lowest BCUT2D eigenvalue weighted by Gasteiger charge is -2.29. The van der Waals surface area contributed by atoms with Crippen molar-refractivity contribution in [2.45, 2.75) is 28.6 Å². The molecule has 4 unspecified atom stereocenters. The molecule has 1 saturated heterocycles. The van der Waals surface area contributed by atoms with E-state index in [2.05, 4.69) is 0 Å². The normalized spacial score (nSPS) is 49.5. The van der Waals surface area contributed by atoms with Crippen LogP contribution in [-0.2, 0) is 0 Å². The third kappa shape index (κ3) is 1.44. The number of hydrogen-bond donors (Lipinski definition) is 0. The standard InChI is InChI=1S/C5H5F5.Al.FH/c6-1-3(8)5(10)4(9)2-7;;/h1-5H;;1H/q;+1;/p-1. The summed E-state index contributed by atoms with van der Waals surface area (Å²) in [5, 5.41) is -5.55. The van der Waals surface area contributed by atoms with Gasteiger partial charge in [-0.15, -0.1) is 0 Å². The van der Waals surface area contributed by atoms with Crippen LogP contribution in [0.15, 0.2) is 0 Å². The van der Waals surface area contributed by atoms with E-state index in [4.69, 9.17) is 0 Å². The summed E-state index contributed by atoms with van der Waals surface area (Å²) in [4.78, 5) is 0. The second kappa shape index (κ2) is 3.46. The van der Waals surface area contributed by atoms with Gasteiger partial charge in [0.2, 0.25) is 0 Å². The molecular weight excluding hydrogens is 201 g/mol. The summed E-state index contributed by atoms with van der Waals surface area (Å²) >= 11 is -4.26. The molecule has 0 aliphatic carbocycles. The first-order valence-corrected chi connectivity index (χ1v) is 5.08. The van der Waals surface area contributed by atoms with E-state index < -0.39 is 43.2 Å². The summed E-state index contributed by atoms with van der Waals surface area (Å²) in [6.07, 6.45) is -8.59. The number of halogens is 6. The van der Waals surface area contributed by atoms with Gasteiger partial charge in [0, 0.05) is 0 Å². The fourth-order valence-electron chi connectivity index (χ4n) is 1.05. The lowest BCUT2D eigenvalue weighted by atomic mass is 10.1. The second-order valence-electron chi connectivity index (χ2n) is 2.67. The van der Waals surface area contributed by atoms with E-state index in [-0.39, 0.29) is 0 Å². The van der Waals surface area contributed by atoms with Gasteiger partial charge < -0.3 is 3.52 Å². The molecule has 7 heteroatoms. The van der Waals surface area contributed by atoms with Crippen molar-refractivity contribution in [3.8, 4) is 0 Å². The van der Waals surface area contributed by atoms with Gasteiger partial charge in [0.05, 0.1) is 0 Å². The zero-order valence-corrected chi connectivity index (χ0v) is 6.89. The predicted octanol–water partition coefficient (Wildman–Crippen LogP) is 1.73. The Morgan fingerprint density at radius 1 is 0.667 bits per heavy atom. The molecule has 70 valence electrons. The van der Waals surface area contributed by atoms with E-state index in [1.54, 1.807) is 0 Å². The average Bonchev–Trinajstić information content (AvgIpc) is 2.08. The molecule has 1 aliphatic rings. The Morgan fingerprint density at radius 3 is 1.33 bits per heavy atom. The molecule has 0 saturated carbocycles. The smallest absolute Gasteiger partial charge is 0.411 e. The van der Waals surface area contributed by atoms with Crippen molar-refractivity contribution in [2.24, 2.45) is 0 Å². The molecule has 1 heterocycles. The molecule has 0 amide bonds. The van der Waals surface area contributed by atoms with E-state index >= 15 is 0 Å². The van der Waals surface area contributed by atoms with Gasteiger partial charge in [0.1, 0.15) is 10.1 Å². The van der Waals surface area contributed by atoms with E-state index in [1.165, 1.54) is 0 Å². The number of hydrogen-bond acceptors (Lipinski definition) is 0. The minimum Gasteiger partial charge on any atom is -0.411 e. The Bertz CT molecular complexity index is 107. The van der Waals surface area contributed by atoms with Gasteiger partial charge in [-0.05, 0) is 0 Å². The highest BCUT2D eigenvalue weighted by Crippen LogP contribution is 2.31. The summed E-state index contributed by atoms with van der Waals surface area (Å²) in [6.45, 7) is 0. The maximum absolute atomic E-state index is 12.4. The summed E-state index contributed by atoms with van der Waals surface area (Å²) in [7, 11) is 0. The van der Waals surface area contributed by atoms with Gasteiger partial charge in [-0.25, -0.2) is 13.2 Å². The highest BCUT2D eigenvalue weighted by atomic mass is 27.2. The van der Waals surface area contributed by atoms with Crippen molar-refractivity contribution in [3.63, 3.8) is 0 Å². The molecule has 0 nitrogen and oxygen atoms in total. The Hall–Kier alpha value is 0.112. The van der Waals surface area contributed by atoms with E-state index in [9.17, 15) is 25.5 Å². The van der Waals surface area contributed by atoms with E-state index in [0.717, 1.165) is 0 Å². The molecule has 1 rings (SSSR count). The van der Waals surface area contributed by atoms with Crippen LogP contribution in [0.4, 0.5) is 25.5 Å². The maximum Gasteiger partial charge on any atom is 0.596 e. The maximum atomic E-state index is 12.4. The topological polar surface area (TPSA) is 0 Å². The molecule has 0 aromatic rings. The first kappa shape index (κ1) is 10.2. The molecule has 1 fully saturated rings. The number of alkyl halides is 5. The highest BCUT2D eigenvalue weighted by molar-refractivity contribution is 6.54. The van der Waals surface area contributed by atoms with Crippen LogP contribution in [0.3, 0.4) is 0 Å². The van der Waals surface area contributed by atoms with Crippen molar-refractivity contribution in [3.05, 3.63) is 0 Å². The van der Waals surface area contributed by atoms with Gasteiger partial charge in [0.15, 0.2) is 18.5 Å². The van der Waals surface area contributed by atoms with Gasteiger partial charge in [-0.1, -0.05) is 0 Å². The van der Waals surface area contributed by atoms with Crippen molar-refractivity contribution < 1.29 is 25.5 Å². The van der Waals surface area contributed by atoms with Crippen molar-refractivity contribution >= 4 is 14.6 Å². The second-order valence-corrected chi connectivity index (χ2v) is 4.83. The molecule has 0 aromatic heterocycles. The van der Waals surface area contributed by atoms with Crippen molar-refractivity contribution in [1.82, 2.24) is 0 Å². The van der Waals surface area contributed by atoms with Crippen LogP contribution in [0.1, 0.15) is 0 Å². The molecule has 0 N–H and O–H groups in total. The molecule has 4 atom stereocenters. The molecule has 0 bridgehead atoms. The van der Waals surface area contributed by atoms with Crippen LogP contribution in [0.25, 0.3) is 0 Å². The van der Waals surface area contributed by atoms with Crippen LogP contribution >= 0.6 is 0 Å². The van der Waals surface area contributed by atoms with Crippen LogP contribution in [0.2, 0.25) is 0 Å². The third-order valence-electron chi connectivity index (χ3n) is 1.83. The lowest BCUT2D eigenvalue weighted by molar-refractivity contribution is 0.00833. The largest absolute Gasteiger partial charge is 0.596 e. The molecule has 1 aliphatic heterocycles. The fourth-order valence-corrected chi connectivity index (χ4v) is 2.53. The van der Waals surface area contributed by atoms with Crippen molar-refractivity contribution in [1.29, 1.82) is 0 Å². The molecule has 0 aromatic carbocycles. The third-order valence-corrected chi connectivity index (χ3v) is 3.78. The predicted molar refractivity (Wildman–Crippen MR) is 31.3 cm³/mol. The Balaban J connectivity index is 2.76. The van der Waals surface area contributed by atoms with Gasteiger partial charge in [-0.3, -0.25) is 8.78 Å². The Morgan fingerprint density at radius 2 is 1.00 bits per heavy atom. The van der Waals surface area contributed by atoms with Crippen LogP contribution in [-0.4, -0.2) is 43.2 Å². The first-order valence-electron chi connectivity index (χ1n) is 3.31. The highest BCUT2D eigenvalue weighted by Gasteiger charge is 2.59. The number of rotatable bonds is 0. The monoisotopic (exact) mass is 206 g/mol. The van der Waals surface area contributed by atoms with Gasteiger partial charge in [-0.2, -0.15) is 0 Å². The average molecular weight is 206 g/mol. The van der Waals surface area contributed by atoms with Crippen LogP contribution in [0.5, 0.6) is 0 Å². The molecular formula is C5H5AlF6. The molecule has 0 spiro atoms. The van der Waals surface area contributed by atoms with Crippen LogP contribution < -0.4 is 0 Å². The van der Waals surface area contributed by atoms with E-state index in [1.807, 2.05) is 0 Å². The lowest BCUT2D eigenvalue weighted by Crippen LogP contribution is -2.57. The Labute approximate surface area is 69.4 Å².